The van der Waals surface area contributed by atoms with E-state index in [0.717, 1.165) is 5.82 Å². The van der Waals surface area contributed by atoms with Crippen molar-refractivity contribution in [1.82, 2.24) is 9.88 Å². The molecule has 160 valence electrons. The lowest BCUT2D eigenvalue weighted by Gasteiger charge is -2.36. The highest BCUT2D eigenvalue weighted by atomic mass is 19.1. The molecule has 3 rings (SSSR count). The van der Waals surface area contributed by atoms with Crippen molar-refractivity contribution >= 4 is 18.2 Å². The van der Waals surface area contributed by atoms with E-state index in [0.29, 0.717) is 43.9 Å². The Morgan fingerprint density at radius 2 is 1.90 bits per heavy atom. The second-order valence-electron chi connectivity index (χ2n) is 8.05. The molecule has 1 saturated heterocycles. The van der Waals surface area contributed by atoms with Gasteiger partial charge in [0, 0.05) is 43.4 Å². The van der Waals surface area contributed by atoms with Gasteiger partial charge in [-0.3, -0.25) is 4.79 Å². The van der Waals surface area contributed by atoms with Gasteiger partial charge in [0.2, 0.25) is 5.88 Å². The third-order valence-corrected chi connectivity index (χ3v) is 4.55. The summed E-state index contributed by atoms with van der Waals surface area (Å²) < 4.78 is 25.1. The largest absolute Gasteiger partial charge is 0.473 e. The number of aromatic nitrogens is 1. The summed E-state index contributed by atoms with van der Waals surface area (Å²) in [6.07, 6.45) is 0.288. The Morgan fingerprint density at radius 1 is 1.17 bits per heavy atom. The van der Waals surface area contributed by atoms with Gasteiger partial charge in [0.25, 0.3) is 0 Å². The molecule has 1 aliphatic heterocycles. The van der Waals surface area contributed by atoms with Crippen molar-refractivity contribution < 1.29 is 23.5 Å². The molecule has 0 atom stereocenters. The first-order valence-electron chi connectivity index (χ1n) is 9.81. The summed E-state index contributed by atoms with van der Waals surface area (Å²) in [5.74, 6) is 0.614. The quantitative estimate of drug-likeness (QED) is 0.694. The van der Waals surface area contributed by atoms with Crippen LogP contribution in [0.2, 0.25) is 0 Å². The van der Waals surface area contributed by atoms with E-state index in [1.54, 1.807) is 17.0 Å². The van der Waals surface area contributed by atoms with Crippen molar-refractivity contribution in [2.24, 2.45) is 0 Å². The van der Waals surface area contributed by atoms with Crippen LogP contribution in [0.25, 0.3) is 0 Å². The lowest BCUT2D eigenvalue weighted by molar-refractivity contribution is 0.0240. The molecular formula is C22H26FN3O4. The molecule has 1 aliphatic rings. The Morgan fingerprint density at radius 3 is 2.53 bits per heavy atom. The molecule has 30 heavy (non-hydrogen) atoms. The number of hydrogen-bond acceptors (Lipinski definition) is 6. The van der Waals surface area contributed by atoms with Crippen molar-refractivity contribution in [3.8, 4) is 5.88 Å². The molecule has 8 heteroatoms. The zero-order valence-corrected chi connectivity index (χ0v) is 17.4. The van der Waals surface area contributed by atoms with Gasteiger partial charge in [-0.05, 0) is 32.9 Å². The lowest BCUT2D eigenvalue weighted by atomic mass is 10.1. The molecule has 1 amide bonds. The number of benzene rings is 1. The van der Waals surface area contributed by atoms with Crippen LogP contribution in [0.3, 0.4) is 0 Å². The Labute approximate surface area is 175 Å². The summed E-state index contributed by atoms with van der Waals surface area (Å²) in [4.78, 5) is 31.2. The average Bonchev–Trinajstić information content (AvgIpc) is 2.72. The van der Waals surface area contributed by atoms with Crippen molar-refractivity contribution in [2.75, 3.05) is 31.1 Å². The van der Waals surface area contributed by atoms with E-state index in [2.05, 4.69) is 9.88 Å². The number of aldehydes is 1. The maximum absolute atomic E-state index is 14.0. The molecule has 0 N–H and O–H groups in total. The summed E-state index contributed by atoms with van der Waals surface area (Å²) >= 11 is 0. The van der Waals surface area contributed by atoms with Crippen molar-refractivity contribution in [3.63, 3.8) is 0 Å². The number of amides is 1. The predicted molar refractivity (Wildman–Crippen MR) is 110 cm³/mol. The molecule has 0 bridgehead atoms. The number of nitrogens with zero attached hydrogens (tertiary/aromatic N) is 3. The number of ether oxygens (including phenoxy) is 2. The van der Waals surface area contributed by atoms with Crippen LogP contribution in [-0.4, -0.2) is 54.0 Å². The molecule has 0 radical (unpaired) electrons. The topological polar surface area (TPSA) is 72.0 Å². The van der Waals surface area contributed by atoms with Crippen LogP contribution in [0.1, 0.15) is 36.7 Å². The Kier molecular flexibility index (Phi) is 6.54. The number of rotatable bonds is 5. The first kappa shape index (κ1) is 21.5. The zero-order valence-electron chi connectivity index (χ0n) is 17.4. The smallest absolute Gasteiger partial charge is 0.410 e. The number of hydrogen-bond donors (Lipinski definition) is 0. The molecule has 7 nitrogen and oxygen atoms in total. The van der Waals surface area contributed by atoms with Gasteiger partial charge in [0.15, 0.2) is 0 Å². The number of halogens is 1. The molecule has 2 heterocycles. The van der Waals surface area contributed by atoms with Crippen LogP contribution in [0.5, 0.6) is 5.88 Å². The van der Waals surface area contributed by atoms with Crippen molar-refractivity contribution in [2.45, 2.75) is 33.0 Å². The fourth-order valence-electron chi connectivity index (χ4n) is 3.01. The number of piperazine rings is 1. The molecule has 1 aromatic carbocycles. The lowest BCUT2D eigenvalue weighted by Crippen LogP contribution is -2.50. The highest BCUT2D eigenvalue weighted by molar-refractivity contribution is 5.74. The van der Waals surface area contributed by atoms with Crippen molar-refractivity contribution in [3.05, 3.63) is 53.3 Å². The Hall–Kier alpha value is -3.16. The minimum atomic E-state index is -0.519. The van der Waals surface area contributed by atoms with Gasteiger partial charge in [0.05, 0.1) is 0 Å². The van der Waals surface area contributed by atoms with Gasteiger partial charge in [-0.25, -0.2) is 9.18 Å². The number of carbonyl (C=O) groups excluding carboxylic acids is 2. The van der Waals surface area contributed by atoms with Gasteiger partial charge >= 0.3 is 6.09 Å². The van der Waals surface area contributed by atoms with Gasteiger partial charge in [0.1, 0.15) is 30.1 Å². The zero-order chi connectivity index (χ0) is 21.7. The van der Waals surface area contributed by atoms with E-state index < -0.39 is 11.4 Å². The van der Waals surface area contributed by atoms with Gasteiger partial charge in [-0.15, -0.1) is 0 Å². The highest BCUT2D eigenvalue weighted by Crippen LogP contribution is 2.20. The summed E-state index contributed by atoms with van der Waals surface area (Å²) in [5.41, 5.74) is 0.106. The third kappa shape index (κ3) is 5.68. The second kappa shape index (κ2) is 9.11. The molecule has 1 aromatic heterocycles. The minimum Gasteiger partial charge on any atom is -0.473 e. The molecule has 0 saturated carbocycles. The van der Waals surface area contributed by atoms with Crippen LogP contribution in [-0.2, 0) is 11.3 Å². The molecular weight excluding hydrogens is 389 g/mol. The van der Waals surface area contributed by atoms with E-state index >= 15 is 0 Å². The van der Waals surface area contributed by atoms with E-state index in [1.807, 2.05) is 32.9 Å². The van der Waals surface area contributed by atoms with Gasteiger partial charge in [-0.1, -0.05) is 18.2 Å². The fourth-order valence-corrected chi connectivity index (χ4v) is 3.01. The Balaban J connectivity index is 1.57. The number of pyridine rings is 1. The minimum absolute atomic E-state index is 0.00778. The van der Waals surface area contributed by atoms with Crippen LogP contribution in [0, 0.1) is 5.82 Å². The van der Waals surface area contributed by atoms with Crippen LogP contribution in [0.15, 0.2) is 36.4 Å². The van der Waals surface area contributed by atoms with Gasteiger partial charge < -0.3 is 19.3 Å². The van der Waals surface area contributed by atoms with Crippen LogP contribution >= 0.6 is 0 Å². The average molecular weight is 415 g/mol. The van der Waals surface area contributed by atoms with Gasteiger partial charge in [-0.2, -0.15) is 4.98 Å². The SMILES string of the molecule is CC(C)(C)OC(=O)N1CCN(c2cccc(OCc3ccc(C=O)cc3F)n2)CC1. The molecule has 1 fully saturated rings. The summed E-state index contributed by atoms with van der Waals surface area (Å²) in [6, 6.07) is 9.65. The second-order valence-corrected chi connectivity index (χ2v) is 8.05. The third-order valence-electron chi connectivity index (χ3n) is 4.55. The Bertz CT molecular complexity index is 905. The first-order chi connectivity index (χ1) is 14.2. The highest BCUT2D eigenvalue weighted by Gasteiger charge is 2.26. The monoisotopic (exact) mass is 415 g/mol. The standard InChI is InChI=1S/C22H26FN3O4/c1-22(2,3)30-21(28)26-11-9-25(10-12-26)19-5-4-6-20(24-19)29-15-17-8-7-16(14-27)13-18(17)23/h4-8,13-14H,9-12,15H2,1-3H3. The first-order valence-corrected chi connectivity index (χ1v) is 9.81. The molecule has 0 spiro atoms. The van der Waals surface area contributed by atoms with E-state index in [1.165, 1.54) is 12.1 Å². The van der Waals surface area contributed by atoms with Crippen LogP contribution < -0.4 is 9.64 Å². The number of carbonyl (C=O) groups is 2. The summed E-state index contributed by atoms with van der Waals surface area (Å²) in [6.45, 7) is 7.87. The van der Waals surface area contributed by atoms with E-state index in [4.69, 9.17) is 9.47 Å². The normalized spacial score (nSPS) is 14.4. The van der Waals surface area contributed by atoms with E-state index in [-0.39, 0.29) is 18.3 Å². The van der Waals surface area contributed by atoms with Crippen molar-refractivity contribution in [1.29, 1.82) is 0 Å². The van der Waals surface area contributed by atoms with E-state index in [9.17, 15) is 14.0 Å². The summed E-state index contributed by atoms with van der Waals surface area (Å²) in [5, 5.41) is 0. The molecule has 0 aliphatic carbocycles. The summed E-state index contributed by atoms with van der Waals surface area (Å²) in [7, 11) is 0. The van der Waals surface area contributed by atoms with Crippen LogP contribution in [0.4, 0.5) is 15.0 Å². The molecule has 2 aromatic rings. The number of anilines is 1. The maximum atomic E-state index is 14.0. The molecule has 0 unspecified atom stereocenters. The fraction of sp³-hybridized carbons (Fsp3) is 0.409. The maximum Gasteiger partial charge on any atom is 0.410 e. The predicted octanol–water partition coefficient (Wildman–Crippen LogP) is 3.67.